The molecule has 2 rings (SSSR count). The van der Waals surface area contributed by atoms with Gasteiger partial charge in [-0.05, 0) is 33.3 Å². The number of rotatable bonds is 5. The first-order valence-electron chi connectivity index (χ1n) is 7.87. The van der Waals surface area contributed by atoms with E-state index >= 15 is 0 Å². The van der Waals surface area contributed by atoms with Gasteiger partial charge in [0.05, 0.1) is 11.7 Å². The van der Waals surface area contributed by atoms with Gasteiger partial charge < -0.3 is 19.8 Å². The second-order valence-corrected chi connectivity index (χ2v) is 5.93. The fourth-order valence-electron chi connectivity index (χ4n) is 2.52. The number of hydrogen-bond donors (Lipinski definition) is 2. The van der Waals surface area contributed by atoms with Crippen LogP contribution in [0, 0.1) is 13.8 Å². The van der Waals surface area contributed by atoms with E-state index in [2.05, 4.69) is 10.3 Å². The van der Waals surface area contributed by atoms with Crippen molar-refractivity contribution in [3.63, 3.8) is 0 Å². The Labute approximate surface area is 144 Å². The summed E-state index contributed by atoms with van der Waals surface area (Å²) in [6, 6.07) is -0.508. The van der Waals surface area contributed by atoms with Crippen LogP contribution in [-0.4, -0.2) is 59.6 Å². The molecule has 0 spiro atoms. The number of H-pyrrole nitrogens is 1. The molecule has 2 heterocycles. The Bertz CT molecular complexity index is 722. The van der Waals surface area contributed by atoms with Gasteiger partial charge in [0.2, 0.25) is 0 Å². The number of aromatic amines is 1. The van der Waals surface area contributed by atoms with E-state index in [0.29, 0.717) is 17.8 Å². The Morgan fingerprint density at radius 3 is 2.44 bits per heavy atom. The van der Waals surface area contributed by atoms with Crippen LogP contribution < -0.4 is 5.32 Å². The molecule has 0 saturated carbocycles. The molecular weight excluding hydrogens is 330 g/mol. The Balaban J connectivity index is 2.06. The summed E-state index contributed by atoms with van der Waals surface area (Å²) in [7, 11) is 0. The van der Waals surface area contributed by atoms with E-state index in [9.17, 15) is 19.2 Å². The van der Waals surface area contributed by atoms with Crippen LogP contribution in [0.5, 0.6) is 0 Å². The first kappa shape index (κ1) is 18.5. The molecule has 25 heavy (non-hydrogen) atoms. The average Bonchev–Trinajstić information content (AvgIpc) is 3.07. The summed E-state index contributed by atoms with van der Waals surface area (Å²) in [5.41, 5.74) is 1.21. The molecule has 0 radical (unpaired) electrons. The van der Waals surface area contributed by atoms with E-state index in [4.69, 9.17) is 9.47 Å². The van der Waals surface area contributed by atoms with Gasteiger partial charge in [-0.3, -0.25) is 9.69 Å². The number of aryl methyl sites for hydroxylation is 1. The maximum Gasteiger partial charge on any atom is 0.355 e. The number of carbonyl (C=O) groups excluding carboxylic acids is 4. The molecule has 136 valence electrons. The smallest absolute Gasteiger partial charge is 0.355 e. The Kier molecular flexibility index (Phi) is 5.45. The Morgan fingerprint density at radius 2 is 1.88 bits per heavy atom. The number of nitrogens with zero attached hydrogens (tertiary/aromatic N) is 1. The number of hydrogen-bond acceptors (Lipinski definition) is 6. The molecule has 0 unspecified atom stereocenters. The molecule has 0 atom stereocenters. The third-order valence-electron chi connectivity index (χ3n) is 3.67. The summed E-state index contributed by atoms with van der Waals surface area (Å²) in [5, 5.41) is 2.49. The molecule has 0 aromatic carbocycles. The molecule has 1 aliphatic rings. The quantitative estimate of drug-likeness (QED) is 0.761. The van der Waals surface area contributed by atoms with Crippen LogP contribution in [0.1, 0.15) is 46.0 Å². The lowest BCUT2D eigenvalue weighted by atomic mass is 10.1. The van der Waals surface area contributed by atoms with Gasteiger partial charge in [0, 0.05) is 18.8 Å². The zero-order valence-electron chi connectivity index (χ0n) is 14.6. The number of imide groups is 1. The van der Waals surface area contributed by atoms with E-state index in [1.54, 1.807) is 27.7 Å². The van der Waals surface area contributed by atoms with Gasteiger partial charge in [-0.15, -0.1) is 0 Å². The highest BCUT2D eigenvalue weighted by molar-refractivity contribution is 6.00. The normalized spacial score (nSPS) is 13.8. The van der Waals surface area contributed by atoms with Crippen LogP contribution in [0.3, 0.4) is 0 Å². The fourth-order valence-corrected chi connectivity index (χ4v) is 2.52. The molecular formula is C16H21N3O6. The number of nitrogens with one attached hydrogen (secondary N) is 2. The lowest BCUT2D eigenvalue weighted by Gasteiger charge is -2.12. The second kappa shape index (κ2) is 7.37. The molecule has 1 aromatic rings. The first-order valence-corrected chi connectivity index (χ1v) is 7.87. The van der Waals surface area contributed by atoms with Crippen molar-refractivity contribution < 1.29 is 28.7 Å². The minimum atomic E-state index is -0.780. The number of aromatic nitrogens is 1. The molecule has 2 N–H and O–H groups in total. The Hall–Kier alpha value is -2.84. The summed E-state index contributed by atoms with van der Waals surface area (Å²) in [6.07, 6.45) is -0.291. The third kappa shape index (κ3) is 3.98. The van der Waals surface area contributed by atoms with Crippen LogP contribution >= 0.6 is 0 Å². The van der Waals surface area contributed by atoms with Gasteiger partial charge in [-0.2, -0.15) is 0 Å². The third-order valence-corrected chi connectivity index (χ3v) is 3.67. The summed E-state index contributed by atoms with van der Waals surface area (Å²) < 4.78 is 10.1. The van der Waals surface area contributed by atoms with E-state index in [1.807, 2.05) is 0 Å². The summed E-state index contributed by atoms with van der Waals surface area (Å²) >= 11 is 0. The van der Waals surface area contributed by atoms with E-state index in [-0.39, 0.29) is 23.9 Å². The number of amides is 3. The van der Waals surface area contributed by atoms with Gasteiger partial charge in [-0.25, -0.2) is 14.4 Å². The van der Waals surface area contributed by atoms with Gasteiger partial charge in [0.25, 0.3) is 5.91 Å². The maximum absolute atomic E-state index is 12.2. The highest BCUT2D eigenvalue weighted by atomic mass is 16.5. The van der Waals surface area contributed by atoms with Gasteiger partial charge in [0.15, 0.2) is 6.61 Å². The SMILES string of the molecule is Cc1[nH]c(C(=O)OCC(=O)N2CCNC2=O)c(C)c1C(=O)OC(C)C. The molecule has 1 saturated heterocycles. The van der Waals surface area contributed by atoms with Crippen molar-refractivity contribution >= 4 is 23.9 Å². The highest BCUT2D eigenvalue weighted by Crippen LogP contribution is 2.20. The predicted octanol–water partition coefficient (Wildman–Crippen LogP) is 0.905. The van der Waals surface area contributed by atoms with Crippen molar-refractivity contribution in [1.29, 1.82) is 0 Å². The molecule has 3 amide bonds. The molecule has 0 bridgehead atoms. The number of ether oxygens (including phenoxy) is 2. The summed E-state index contributed by atoms with van der Waals surface area (Å²) in [6.45, 7) is 6.73. The van der Waals surface area contributed by atoms with Gasteiger partial charge >= 0.3 is 18.0 Å². The number of carbonyl (C=O) groups is 4. The van der Waals surface area contributed by atoms with Gasteiger partial charge in [0.1, 0.15) is 5.69 Å². The molecule has 0 aliphatic carbocycles. The standard InChI is InChI=1S/C16H21N3O6/c1-8(2)25-14(21)12-9(3)13(18-10(12)4)15(22)24-7-11(20)19-6-5-17-16(19)23/h8,18H,5-7H2,1-4H3,(H,17,23). The van der Waals surface area contributed by atoms with Crippen molar-refractivity contribution in [2.24, 2.45) is 0 Å². The summed E-state index contributed by atoms with van der Waals surface area (Å²) in [5.74, 6) is -1.93. The fraction of sp³-hybridized carbons (Fsp3) is 0.500. The van der Waals surface area contributed by atoms with Crippen molar-refractivity contribution in [2.75, 3.05) is 19.7 Å². The lowest BCUT2D eigenvalue weighted by Crippen LogP contribution is -2.37. The van der Waals surface area contributed by atoms with Crippen LogP contribution in [0.2, 0.25) is 0 Å². The van der Waals surface area contributed by atoms with E-state index < -0.39 is 30.5 Å². The minimum Gasteiger partial charge on any atom is -0.459 e. The van der Waals surface area contributed by atoms with Crippen molar-refractivity contribution in [2.45, 2.75) is 33.8 Å². The monoisotopic (exact) mass is 351 g/mol. The van der Waals surface area contributed by atoms with Crippen LogP contribution in [0.25, 0.3) is 0 Å². The second-order valence-electron chi connectivity index (χ2n) is 5.93. The van der Waals surface area contributed by atoms with Crippen molar-refractivity contribution in [1.82, 2.24) is 15.2 Å². The Morgan fingerprint density at radius 1 is 1.20 bits per heavy atom. The minimum absolute atomic E-state index is 0.0758. The zero-order valence-corrected chi connectivity index (χ0v) is 14.6. The van der Waals surface area contributed by atoms with Crippen LogP contribution in [0.15, 0.2) is 0 Å². The largest absolute Gasteiger partial charge is 0.459 e. The van der Waals surface area contributed by atoms with Crippen LogP contribution in [0.4, 0.5) is 4.79 Å². The zero-order chi connectivity index (χ0) is 18.7. The highest BCUT2D eigenvalue weighted by Gasteiger charge is 2.28. The number of esters is 2. The van der Waals surface area contributed by atoms with E-state index in [1.165, 1.54) is 0 Å². The first-order chi connectivity index (χ1) is 11.7. The lowest BCUT2D eigenvalue weighted by molar-refractivity contribution is -0.130. The molecule has 1 aromatic heterocycles. The van der Waals surface area contributed by atoms with E-state index in [0.717, 1.165) is 4.90 Å². The molecule has 9 heteroatoms. The van der Waals surface area contributed by atoms with Gasteiger partial charge in [-0.1, -0.05) is 0 Å². The average molecular weight is 351 g/mol. The predicted molar refractivity (Wildman–Crippen MR) is 86.2 cm³/mol. The van der Waals surface area contributed by atoms with Crippen molar-refractivity contribution in [3.05, 3.63) is 22.5 Å². The van der Waals surface area contributed by atoms with Crippen molar-refractivity contribution in [3.8, 4) is 0 Å². The van der Waals surface area contributed by atoms with Crippen LogP contribution in [-0.2, 0) is 14.3 Å². The number of urea groups is 1. The molecule has 1 aliphatic heterocycles. The maximum atomic E-state index is 12.2. The topological polar surface area (TPSA) is 118 Å². The molecule has 9 nitrogen and oxygen atoms in total. The molecule has 1 fully saturated rings. The summed E-state index contributed by atoms with van der Waals surface area (Å²) in [4.78, 5) is 51.3.